The fourth-order valence-corrected chi connectivity index (χ4v) is 5.97. The molecular weight excluding hydrogens is 304 g/mol. The number of hydrogen-bond acceptors (Lipinski definition) is 0. The second kappa shape index (κ2) is 4.43. The van der Waals surface area contributed by atoms with Gasteiger partial charge in [0.25, 0.3) is 0 Å². The van der Waals surface area contributed by atoms with E-state index in [0.29, 0.717) is 10.5 Å². The highest BCUT2D eigenvalue weighted by Crippen LogP contribution is 2.62. The van der Waals surface area contributed by atoms with Crippen LogP contribution in [0.3, 0.4) is 0 Å². The summed E-state index contributed by atoms with van der Waals surface area (Å²) in [6.07, 6.45) is 18.6. The first-order chi connectivity index (χ1) is 8.60. The van der Waals surface area contributed by atoms with Crippen LogP contribution in [0.25, 0.3) is 6.08 Å². The molecule has 1 unspecified atom stereocenters. The lowest BCUT2D eigenvalue weighted by Crippen LogP contribution is -2.16. The van der Waals surface area contributed by atoms with Crippen LogP contribution in [-0.2, 0) is 0 Å². The van der Waals surface area contributed by atoms with Crippen molar-refractivity contribution in [3.63, 3.8) is 0 Å². The van der Waals surface area contributed by atoms with Crippen molar-refractivity contribution in [2.75, 3.05) is 12.5 Å². The standard InChI is InChI=1S/C16H17BrS/c1-18(2,12-6-3-4-7-12)16-11-10-13-14(16)8-5-9-15(13)17/h3-12,16H,1-2H3. The van der Waals surface area contributed by atoms with E-state index < -0.39 is 10.0 Å². The van der Waals surface area contributed by atoms with Crippen molar-refractivity contribution in [3.8, 4) is 0 Å². The van der Waals surface area contributed by atoms with Crippen molar-refractivity contribution in [3.05, 3.63) is 64.2 Å². The van der Waals surface area contributed by atoms with Crippen LogP contribution in [0.5, 0.6) is 0 Å². The van der Waals surface area contributed by atoms with Crippen molar-refractivity contribution in [2.24, 2.45) is 0 Å². The van der Waals surface area contributed by atoms with Gasteiger partial charge in [-0.1, -0.05) is 64.5 Å². The van der Waals surface area contributed by atoms with Gasteiger partial charge in [0.15, 0.2) is 0 Å². The van der Waals surface area contributed by atoms with Gasteiger partial charge in [0.1, 0.15) is 0 Å². The molecule has 1 aromatic carbocycles. The van der Waals surface area contributed by atoms with Gasteiger partial charge in [0, 0.05) is 15.0 Å². The summed E-state index contributed by atoms with van der Waals surface area (Å²) in [5, 5.41) is 1.18. The molecule has 18 heavy (non-hydrogen) atoms. The number of allylic oxidation sites excluding steroid dienone is 2. The zero-order valence-electron chi connectivity index (χ0n) is 10.6. The first-order valence-electron chi connectivity index (χ1n) is 6.13. The van der Waals surface area contributed by atoms with E-state index in [4.69, 9.17) is 0 Å². The quantitative estimate of drug-likeness (QED) is 0.713. The molecule has 3 rings (SSSR count). The molecule has 0 bridgehead atoms. The molecule has 0 fully saturated rings. The van der Waals surface area contributed by atoms with Crippen LogP contribution in [0.4, 0.5) is 0 Å². The van der Waals surface area contributed by atoms with Crippen molar-refractivity contribution in [2.45, 2.75) is 10.5 Å². The van der Waals surface area contributed by atoms with Crippen LogP contribution in [0.15, 0.2) is 53.1 Å². The molecule has 2 heteroatoms. The molecule has 1 aromatic rings. The molecule has 2 aliphatic carbocycles. The monoisotopic (exact) mass is 320 g/mol. The SMILES string of the molecule is CS(C)(C1C=CC=C1)C1C=Cc2c(Br)cccc21. The van der Waals surface area contributed by atoms with Crippen LogP contribution < -0.4 is 0 Å². The van der Waals surface area contributed by atoms with E-state index in [1.165, 1.54) is 15.6 Å². The summed E-state index contributed by atoms with van der Waals surface area (Å²) >= 11 is 3.66. The summed E-state index contributed by atoms with van der Waals surface area (Å²) in [6, 6.07) is 6.56. The predicted octanol–water partition coefficient (Wildman–Crippen LogP) is 5.08. The lowest BCUT2D eigenvalue weighted by Gasteiger charge is -2.41. The molecule has 0 saturated heterocycles. The first-order valence-corrected chi connectivity index (χ1v) is 9.50. The van der Waals surface area contributed by atoms with Crippen LogP contribution >= 0.6 is 26.0 Å². The molecule has 0 N–H and O–H groups in total. The molecule has 0 radical (unpaired) electrons. The maximum absolute atomic E-state index is 3.66. The largest absolute Gasteiger partial charge is 0.227 e. The fraction of sp³-hybridized carbons (Fsp3) is 0.250. The van der Waals surface area contributed by atoms with Gasteiger partial charge in [-0.05, 0) is 29.7 Å². The number of hydrogen-bond donors (Lipinski definition) is 0. The van der Waals surface area contributed by atoms with Gasteiger partial charge in [-0.15, -0.1) is 0 Å². The zero-order chi connectivity index (χ0) is 12.8. The molecule has 0 nitrogen and oxygen atoms in total. The molecule has 0 amide bonds. The Morgan fingerprint density at radius 3 is 2.50 bits per heavy atom. The molecule has 0 aliphatic heterocycles. The summed E-state index contributed by atoms with van der Waals surface area (Å²) in [5.41, 5.74) is 2.85. The maximum atomic E-state index is 3.66. The Labute approximate surface area is 119 Å². The Morgan fingerprint density at radius 1 is 1.06 bits per heavy atom. The Kier molecular flexibility index (Phi) is 3.03. The molecule has 0 heterocycles. The molecule has 0 saturated carbocycles. The van der Waals surface area contributed by atoms with Gasteiger partial charge in [-0.2, -0.15) is 0 Å². The summed E-state index contributed by atoms with van der Waals surface area (Å²) in [6.45, 7) is 0. The van der Waals surface area contributed by atoms with E-state index in [1.807, 2.05) is 0 Å². The third-order valence-electron chi connectivity index (χ3n) is 3.90. The van der Waals surface area contributed by atoms with Gasteiger partial charge in [-0.3, -0.25) is 0 Å². The lowest BCUT2D eigenvalue weighted by atomic mass is 10.1. The minimum Gasteiger partial charge on any atom is -0.227 e. The summed E-state index contributed by atoms with van der Waals surface area (Å²) < 4.78 is 1.21. The van der Waals surface area contributed by atoms with Gasteiger partial charge < -0.3 is 0 Å². The topological polar surface area (TPSA) is 0 Å². The smallest absolute Gasteiger partial charge is 0.0334 e. The van der Waals surface area contributed by atoms with Gasteiger partial charge >= 0.3 is 0 Å². The van der Waals surface area contributed by atoms with E-state index in [0.717, 1.165) is 0 Å². The average Bonchev–Trinajstić information content (AvgIpc) is 2.99. The third-order valence-corrected chi connectivity index (χ3v) is 8.03. The Morgan fingerprint density at radius 2 is 1.78 bits per heavy atom. The van der Waals surface area contributed by atoms with Crippen molar-refractivity contribution < 1.29 is 0 Å². The van der Waals surface area contributed by atoms with Gasteiger partial charge in [0.05, 0.1) is 0 Å². The molecule has 94 valence electrons. The Hall–Kier alpha value is -0.730. The second-order valence-corrected chi connectivity index (χ2v) is 10.1. The highest BCUT2D eigenvalue weighted by atomic mass is 79.9. The molecule has 2 aliphatic rings. The predicted molar refractivity (Wildman–Crippen MR) is 87.4 cm³/mol. The normalized spacial score (nSPS) is 22.7. The van der Waals surface area contributed by atoms with Crippen molar-refractivity contribution in [1.82, 2.24) is 0 Å². The maximum Gasteiger partial charge on any atom is 0.0334 e. The fourth-order valence-electron chi connectivity index (χ4n) is 2.78. The minimum absolute atomic E-state index is 0.572. The van der Waals surface area contributed by atoms with Crippen molar-refractivity contribution in [1.29, 1.82) is 0 Å². The molecule has 1 atom stereocenters. The van der Waals surface area contributed by atoms with E-state index in [9.17, 15) is 0 Å². The van der Waals surface area contributed by atoms with Gasteiger partial charge in [-0.25, -0.2) is 10.0 Å². The number of halogens is 1. The van der Waals surface area contributed by atoms with E-state index in [2.05, 4.69) is 83.1 Å². The highest BCUT2D eigenvalue weighted by molar-refractivity contribution is 9.10. The second-order valence-electron chi connectivity index (χ2n) is 5.24. The zero-order valence-corrected chi connectivity index (χ0v) is 13.0. The van der Waals surface area contributed by atoms with Crippen LogP contribution in [0.1, 0.15) is 16.4 Å². The third kappa shape index (κ3) is 1.83. The summed E-state index contributed by atoms with van der Waals surface area (Å²) in [7, 11) is -0.750. The number of benzene rings is 1. The first kappa shape index (κ1) is 12.3. The molecular formula is C16H17BrS. The molecule has 0 spiro atoms. The highest BCUT2D eigenvalue weighted by Gasteiger charge is 2.33. The van der Waals surface area contributed by atoms with Gasteiger partial charge in [0.2, 0.25) is 0 Å². The Balaban J connectivity index is 2.02. The van der Waals surface area contributed by atoms with E-state index in [1.54, 1.807) is 0 Å². The minimum atomic E-state index is -0.750. The Bertz CT molecular complexity index is 554. The summed E-state index contributed by atoms with van der Waals surface area (Å²) in [5.74, 6) is 0. The van der Waals surface area contributed by atoms with Crippen LogP contribution in [-0.4, -0.2) is 17.8 Å². The van der Waals surface area contributed by atoms with E-state index >= 15 is 0 Å². The number of rotatable bonds is 2. The van der Waals surface area contributed by atoms with Crippen molar-refractivity contribution >= 4 is 32.0 Å². The summed E-state index contributed by atoms with van der Waals surface area (Å²) in [4.78, 5) is 0. The molecule has 0 aromatic heterocycles. The average molecular weight is 321 g/mol. The van der Waals surface area contributed by atoms with E-state index in [-0.39, 0.29) is 0 Å². The van der Waals surface area contributed by atoms with Crippen LogP contribution in [0.2, 0.25) is 0 Å². The van der Waals surface area contributed by atoms with Crippen LogP contribution in [0, 0.1) is 0 Å². The lowest BCUT2D eigenvalue weighted by molar-refractivity contribution is 1.21. The number of fused-ring (bicyclic) bond motifs is 1.